The molecule has 0 spiro atoms. The number of pyridine rings is 1. The van der Waals surface area contributed by atoms with Gasteiger partial charge in [-0.15, -0.1) is 11.3 Å². The summed E-state index contributed by atoms with van der Waals surface area (Å²) >= 11 is 2.57. The summed E-state index contributed by atoms with van der Waals surface area (Å²) in [5, 5.41) is 20.9. The number of aromatic nitrogens is 2. The molecule has 8 nitrogen and oxygen atoms in total. The molecule has 1 atom stereocenters. The van der Waals surface area contributed by atoms with E-state index in [9.17, 15) is 18.8 Å². The highest BCUT2D eigenvalue weighted by molar-refractivity contribution is 8.00. The standard InChI is InChI=1S/C21H20N4O4S3/c1-14(20(26)16(12-22)21-24-17-4-2-3-5-18(17)31-21)30-19-7-6-15(13-23-19)32(27,28)25-8-10-29-11-9-25/h2-7,13-14,26H,8-11H2,1H3/b20-16-. The summed E-state index contributed by atoms with van der Waals surface area (Å²) in [5.41, 5.74) is 0.893. The molecule has 1 aromatic carbocycles. The van der Waals surface area contributed by atoms with Crippen molar-refractivity contribution < 1.29 is 18.3 Å². The fraction of sp³-hybridized carbons (Fsp3) is 0.286. The Labute approximate surface area is 194 Å². The lowest BCUT2D eigenvalue weighted by atomic mass is 10.2. The monoisotopic (exact) mass is 488 g/mol. The number of aliphatic hydroxyl groups is 1. The highest BCUT2D eigenvalue weighted by Gasteiger charge is 2.27. The zero-order valence-electron chi connectivity index (χ0n) is 17.1. The summed E-state index contributed by atoms with van der Waals surface area (Å²) < 4.78 is 33.0. The van der Waals surface area contributed by atoms with Gasteiger partial charge in [-0.2, -0.15) is 9.57 Å². The Balaban J connectivity index is 1.52. The summed E-state index contributed by atoms with van der Waals surface area (Å²) in [7, 11) is -3.62. The molecule has 11 heteroatoms. The quantitative estimate of drug-likeness (QED) is 0.317. The third-order valence-electron chi connectivity index (χ3n) is 4.88. The second-order valence-corrected chi connectivity index (χ2v) is 11.3. The lowest BCUT2D eigenvalue weighted by Crippen LogP contribution is -2.40. The number of benzene rings is 1. The molecule has 1 N–H and O–H groups in total. The van der Waals surface area contributed by atoms with Crippen LogP contribution in [0.4, 0.5) is 0 Å². The zero-order valence-corrected chi connectivity index (χ0v) is 19.6. The largest absolute Gasteiger partial charge is 0.510 e. The van der Waals surface area contributed by atoms with E-state index in [0.29, 0.717) is 36.3 Å². The molecule has 4 rings (SSSR count). The smallest absolute Gasteiger partial charge is 0.244 e. The summed E-state index contributed by atoms with van der Waals surface area (Å²) in [5.74, 6) is -0.0941. The van der Waals surface area contributed by atoms with Crippen molar-refractivity contribution in [3.63, 3.8) is 0 Å². The number of thioether (sulfide) groups is 1. The Hall–Kier alpha value is -2.49. The number of hydrogen-bond donors (Lipinski definition) is 1. The van der Waals surface area contributed by atoms with Crippen molar-refractivity contribution in [1.29, 1.82) is 5.26 Å². The number of fused-ring (bicyclic) bond motifs is 1. The number of hydrogen-bond acceptors (Lipinski definition) is 9. The van der Waals surface area contributed by atoms with Crippen LogP contribution in [0.2, 0.25) is 0 Å². The third kappa shape index (κ3) is 4.65. The molecule has 3 heterocycles. The Kier molecular flexibility index (Phi) is 6.78. The van der Waals surface area contributed by atoms with Crippen molar-refractivity contribution in [2.45, 2.75) is 22.1 Å². The van der Waals surface area contributed by atoms with E-state index in [1.807, 2.05) is 24.3 Å². The highest BCUT2D eigenvalue weighted by Crippen LogP contribution is 2.33. The molecule has 0 bridgehead atoms. The van der Waals surface area contributed by atoms with Crippen LogP contribution in [0.1, 0.15) is 11.9 Å². The molecule has 3 aromatic rings. The van der Waals surface area contributed by atoms with Gasteiger partial charge in [0, 0.05) is 19.3 Å². The van der Waals surface area contributed by atoms with Gasteiger partial charge in [0.15, 0.2) is 0 Å². The Morgan fingerprint density at radius 1 is 1.28 bits per heavy atom. The van der Waals surface area contributed by atoms with Crippen LogP contribution in [-0.2, 0) is 14.8 Å². The predicted molar refractivity (Wildman–Crippen MR) is 124 cm³/mol. The molecule has 1 saturated heterocycles. The van der Waals surface area contributed by atoms with Gasteiger partial charge in [0.1, 0.15) is 27.3 Å². The molecule has 1 unspecified atom stereocenters. The first-order valence-electron chi connectivity index (χ1n) is 9.80. The number of nitrogens with zero attached hydrogens (tertiary/aromatic N) is 4. The van der Waals surface area contributed by atoms with Gasteiger partial charge in [-0.3, -0.25) is 0 Å². The average Bonchev–Trinajstić information content (AvgIpc) is 3.24. The lowest BCUT2D eigenvalue weighted by Gasteiger charge is -2.25. The lowest BCUT2D eigenvalue weighted by molar-refractivity contribution is 0.0730. The van der Waals surface area contributed by atoms with Crippen molar-refractivity contribution in [3.05, 3.63) is 53.4 Å². The molecular weight excluding hydrogens is 468 g/mol. The van der Waals surface area contributed by atoms with Crippen LogP contribution in [0.3, 0.4) is 0 Å². The van der Waals surface area contributed by atoms with Crippen molar-refractivity contribution >= 4 is 48.9 Å². The average molecular weight is 489 g/mol. The number of nitriles is 1. The number of sulfonamides is 1. The van der Waals surface area contributed by atoms with E-state index < -0.39 is 15.3 Å². The van der Waals surface area contributed by atoms with Gasteiger partial charge in [0.05, 0.1) is 33.7 Å². The summed E-state index contributed by atoms with van der Waals surface area (Å²) in [6.07, 6.45) is 1.32. The maximum absolute atomic E-state index is 12.7. The van der Waals surface area contributed by atoms with Crippen LogP contribution in [-0.4, -0.2) is 59.4 Å². The van der Waals surface area contributed by atoms with E-state index in [-0.39, 0.29) is 16.2 Å². The van der Waals surface area contributed by atoms with Gasteiger partial charge < -0.3 is 9.84 Å². The summed E-state index contributed by atoms with van der Waals surface area (Å²) in [4.78, 5) is 8.82. The SMILES string of the molecule is CC(Sc1ccc(S(=O)(=O)N2CCOCC2)cn1)/C(O)=C(\C#N)c1nc2ccccc2s1. The van der Waals surface area contributed by atoms with Crippen LogP contribution in [0.5, 0.6) is 0 Å². The molecule has 2 aromatic heterocycles. The Morgan fingerprint density at radius 2 is 2.03 bits per heavy atom. The molecule has 0 aliphatic carbocycles. The van der Waals surface area contributed by atoms with E-state index in [2.05, 4.69) is 16.0 Å². The van der Waals surface area contributed by atoms with Crippen LogP contribution in [0.25, 0.3) is 15.8 Å². The van der Waals surface area contributed by atoms with Gasteiger partial charge >= 0.3 is 0 Å². The van der Waals surface area contributed by atoms with Crippen molar-refractivity contribution in [3.8, 4) is 6.07 Å². The van der Waals surface area contributed by atoms with Crippen LogP contribution in [0, 0.1) is 11.3 Å². The van der Waals surface area contributed by atoms with E-state index in [1.165, 1.54) is 39.7 Å². The number of aliphatic hydroxyl groups excluding tert-OH is 1. The minimum absolute atomic E-state index is 0.0941. The molecular formula is C21H20N4O4S3. The number of para-hydroxylation sites is 1. The van der Waals surface area contributed by atoms with Gasteiger partial charge in [-0.05, 0) is 31.2 Å². The van der Waals surface area contributed by atoms with Crippen molar-refractivity contribution in [2.24, 2.45) is 0 Å². The molecule has 1 fully saturated rings. The molecule has 1 aliphatic heterocycles. The maximum atomic E-state index is 12.7. The number of allylic oxidation sites excluding steroid dienone is 1. The predicted octanol–water partition coefficient (Wildman–Crippen LogP) is 3.69. The normalized spacial score (nSPS) is 17.0. The Bertz CT molecular complexity index is 1260. The van der Waals surface area contributed by atoms with E-state index in [1.54, 1.807) is 13.0 Å². The topological polar surface area (TPSA) is 116 Å². The minimum Gasteiger partial charge on any atom is -0.510 e. The molecule has 0 saturated carbocycles. The second kappa shape index (κ2) is 9.56. The first kappa shape index (κ1) is 22.7. The molecule has 166 valence electrons. The van der Waals surface area contributed by atoms with Gasteiger partial charge in [-0.1, -0.05) is 23.9 Å². The van der Waals surface area contributed by atoms with Gasteiger partial charge in [0.2, 0.25) is 10.0 Å². The minimum atomic E-state index is -3.62. The first-order valence-corrected chi connectivity index (χ1v) is 12.9. The highest BCUT2D eigenvalue weighted by atomic mass is 32.2. The van der Waals surface area contributed by atoms with E-state index >= 15 is 0 Å². The molecule has 32 heavy (non-hydrogen) atoms. The Morgan fingerprint density at radius 3 is 2.69 bits per heavy atom. The fourth-order valence-corrected chi connectivity index (χ4v) is 6.33. The maximum Gasteiger partial charge on any atom is 0.244 e. The van der Waals surface area contributed by atoms with Crippen molar-refractivity contribution in [1.82, 2.24) is 14.3 Å². The first-order chi connectivity index (χ1) is 15.4. The number of thiazole rings is 1. The summed E-state index contributed by atoms with van der Waals surface area (Å²) in [6, 6.07) is 12.7. The number of morpholine rings is 1. The van der Waals surface area contributed by atoms with Crippen molar-refractivity contribution in [2.75, 3.05) is 26.3 Å². The summed E-state index contributed by atoms with van der Waals surface area (Å²) in [6.45, 7) is 3.14. The third-order valence-corrected chi connectivity index (χ3v) is 8.87. The van der Waals surface area contributed by atoms with Gasteiger partial charge in [-0.25, -0.2) is 18.4 Å². The second-order valence-electron chi connectivity index (χ2n) is 6.97. The molecule has 1 aliphatic rings. The molecule has 0 radical (unpaired) electrons. The molecule has 0 amide bonds. The van der Waals surface area contributed by atoms with Crippen LogP contribution in [0.15, 0.2) is 58.3 Å². The van der Waals surface area contributed by atoms with Crippen LogP contribution >= 0.6 is 23.1 Å². The van der Waals surface area contributed by atoms with E-state index in [4.69, 9.17) is 4.74 Å². The van der Waals surface area contributed by atoms with Crippen LogP contribution < -0.4 is 0 Å². The zero-order chi connectivity index (χ0) is 22.7. The van der Waals surface area contributed by atoms with E-state index in [0.717, 1.165) is 10.2 Å². The number of rotatable bonds is 6. The fourth-order valence-electron chi connectivity index (χ4n) is 3.16. The van der Waals surface area contributed by atoms with Gasteiger partial charge in [0.25, 0.3) is 0 Å². The number of ether oxygens (including phenoxy) is 1.